The summed E-state index contributed by atoms with van der Waals surface area (Å²) in [4.78, 5) is 27.9. The van der Waals surface area contributed by atoms with Crippen LogP contribution in [-0.4, -0.2) is 18.9 Å². The molecule has 5 nitrogen and oxygen atoms in total. The molecular weight excluding hydrogens is 435 g/mol. The van der Waals surface area contributed by atoms with Crippen molar-refractivity contribution in [1.82, 2.24) is 0 Å². The standard InChI is InChI=1S/C24H18Cl2N2O3/c1-14-8-9-16(12-18(14)25)27-22-21(15-6-4-3-5-7-15)23(29)28(24(22)30)17-10-11-20(31-2)19(26)13-17/h3-13,27H,1-2H3. The van der Waals surface area contributed by atoms with Gasteiger partial charge in [0.15, 0.2) is 0 Å². The number of nitrogens with zero attached hydrogens (tertiary/aromatic N) is 1. The molecular formula is C24H18Cl2N2O3. The van der Waals surface area contributed by atoms with E-state index >= 15 is 0 Å². The molecule has 0 atom stereocenters. The number of anilines is 2. The van der Waals surface area contributed by atoms with E-state index in [1.54, 1.807) is 30.3 Å². The summed E-state index contributed by atoms with van der Waals surface area (Å²) in [6.07, 6.45) is 0. The summed E-state index contributed by atoms with van der Waals surface area (Å²) >= 11 is 12.5. The first-order chi connectivity index (χ1) is 14.9. The second-order valence-electron chi connectivity index (χ2n) is 6.97. The molecule has 7 heteroatoms. The second-order valence-corrected chi connectivity index (χ2v) is 7.78. The Bertz CT molecular complexity index is 1220. The van der Waals surface area contributed by atoms with Gasteiger partial charge in [0.1, 0.15) is 11.4 Å². The number of benzene rings is 3. The summed E-state index contributed by atoms with van der Waals surface area (Å²) in [5.41, 5.74) is 2.94. The third-order valence-corrected chi connectivity index (χ3v) is 5.68. The third-order valence-electron chi connectivity index (χ3n) is 4.98. The first-order valence-corrected chi connectivity index (χ1v) is 10.2. The first kappa shape index (κ1) is 21.0. The smallest absolute Gasteiger partial charge is 0.282 e. The average molecular weight is 453 g/mol. The van der Waals surface area contributed by atoms with Crippen LogP contribution < -0.4 is 15.0 Å². The van der Waals surface area contributed by atoms with Gasteiger partial charge in [0, 0.05) is 10.7 Å². The van der Waals surface area contributed by atoms with Crippen molar-refractivity contribution in [2.45, 2.75) is 6.92 Å². The largest absolute Gasteiger partial charge is 0.495 e. The fourth-order valence-electron chi connectivity index (χ4n) is 3.36. The number of methoxy groups -OCH3 is 1. The van der Waals surface area contributed by atoms with Crippen LogP contribution in [0.25, 0.3) is 5.57 Å². The van der Waals surface area contributed by atoms with Crippen LogP contribution >= 0.6 is 23.2 Å². The fourth-order valence-corrected chi connectivity index (χ4v) is 3.79. The summed E-state index contributed by atoms with van der Waals surface area (Å²) in [5, 5.41) is 3.96. The molecule has 0 radical (unpaired) electrons. The Morgan fingerprint density at radius 2 is 1.61 bits per heavy atom. The van der Waals surface area contributed by atoms with Gasteiger partial charge in [-0.3, -0.25) is 9.59 Å². The maximum Gasteiger partial charge on any atom is 0.282 e. The van der Waals surface area contributed by atoms with E-state index in [1.165, 1.54) is 13.2 Å². The van der Waals surface area contributed by atoms with E-state index < -0.39 is 11.8 Å². The van der Waals surface area contributed by atoms with Crippen molar-refractivity contribution in [2.75, 3.05) is 17.3 Å². The lowest BCUT2D eigenvalue weighted by atomic mass is 10.0. The van der Waals surface area contributed by atoms with Gasteiger partial charge in [-0.1, -0.05) is 59.6 Å². The van der Waals surface area contributed by atoms with E-state index in [0.717, 1.165) is 10.5 Å². The van der Waals surface area contributed by atoms with Gasteiger partial charge in [-0.05, 0) is 48.4 Å². The zero-order chi connectivity index (χ0) is 22.1. The Hall–Kier alpha value is -3.28. The molecule has 1 N–H and O–H groups in total. The molecule has 0 spiro atoms. The van der Waals surface area contributed by atoms with Crippen LogP contribution in [0.1, 0.15) is 11.1 Å². The molecule has 0 unspecified atom stereocenters. The average Bonchev–Trinajstić information content (AvgIpc) is 3.00. The number of halogens is 2. The van der Waals surface area contributed by atoms with Crippen LogP contribution in [0.4, 0.5) is 11.4 Å². The molecule has 0 fully saturated rings. The van der Waals surface area contributed by atoms with Gasteiger partial charge in [-0.15, -0.1) is 0 Å². The first-order valence-electron chi connectivity index (χ1n) is 9.46. The van der Waals surface area contributed by atoms with Crippen LogP contribution in [0.3, 0.4) is 0 Å². The summed E-state index contributed by atoms with van der Waals surface area (Å²) in [6, 6.07) is 19.2. The predicted molar refractivity (Wildman–Crippen MR) is 124 cm³/mol. The zero-order valence-corrected chi connectivity index (χ0v) is 18.3. The number of carbonyl (C=O) groups excluding carboxylic acids is 2. The van der Waals surface area contributed by atoms with Crippen LogP contribution in [0.2, 0.25) is 10.0 Å². The number of imide groups is 1. The van der Waals surface area contributed by atoms with Crippen LogP contribution in [0, 0.1) is 6.92 Å². The Balaban J connectivity index is 1.80. The molecule has 0 aliphatic carbocycles. The van der Waals surface area contributed by atoms with Gasteiger partial charge in [0.25, 0.3) is 11.8 Å². The van der Waals surface area contributed by atoms with Gasteiger partial charge in [-0.25, -0.2) is 4.90 Å². The topological polar surface area (TPSA) is 58.6 Å². The maximum atomic E-state index is 13.4. The lowest BCUT2D eigenvalue weighted by Crippen LogP contribution is -2.32. The van der Waals surface area contributed by atoms with Crippen LogP contribution in [-0.2, 0) is 9.59 Å². The fraction of sp³-hybridized carbons (Fsp3) is 0.0833. The molecule has 1 aliphatic rings. The molecule has 156 valence electrons. The van der Waals surface area contributed by atoms with Gasteiger partial charge in [0.2, 0.25) is 0 Å². The normalized spacial score (nSPS) is 13.7. The van der Waals surface area contributed by atoms with Crippen LogP contribution in [0.15, 0.2) is 72.4 Å². The minimum absolute atomic E-state index is 0.170. The highest BCUT2D eigenvalue weighted by molar-refractivity contribution is 6.46. The highest BCUT2D eigenvalue weighted by Crippen LogP contribution is 2.37. The van der Waals surface area contributed by atoms with E-state index in [1.807, 2.05) is 37.3 Å². The molecule has 1 heterocycles. The molecule has 0 aromatic heterocycles. The van der Waals surface area contributed by atoms with E-state index in [9.17, 15) is 9.59 Å². The van der Waals surface area contributed by atoms with Crippen molar-refractivity contribution in [3.8, 4) is 5.75 Å². The van der Waals surface area contributed by atoms with Gasteiger partial charge in [-0.2, -0.15) is 0 Å². The maximum absolute atomic E-state index is 13.4. The number of aryl methyl sites for hydroxylation is 1. The number of nitrogens with one attached hydrogen (secondary N) is 1. The van der Waals surface area contributed by atoms with E-state index in [-0.39, 0.29) is 11.3 Å². The Labute approximate surface area is 189 Å². The van der Waals surface area contributed by atoms with E-state index in [2.05, 4.69) is 5.32 Å². The Morgan fingerprint density at radius 1 is 0.871 bits per heavy atom. The number of hydrogen-bond donors (Lipinski definition) is 1. The summed E-state index contributed by atoms with van der Waals surface area (Å²) in [7, 11) is 1.50. The van der Waals surface area contributed by atoms with Gasteiger partial charge < -0.3 is 10.1 Å². The van der Waals surface area contributed by atoms with Crippen LogP contribution in [0.5, 0.6) is 5.75 Å². The Morgan fingerprint density at radius 3 is 2.26 bits per heavy atom. The molecule has 1 aliphatic heterocycles. The number of carbonyl (C=O) groups is 2. The molecule has 0 saturated heterocycles. The predicted octanol–water partition coefficient (Wildman–Crippen LogP) is 5.71. The molecule has 3 aromatic rings. The minimum atomic E-state index is -0.484. The van der Waals surface area contributed by atoms with E-state index in [0.29, 0.717) is 32.7 Å². The zero-order valence-electron chi connectivity index (χ0n) is 16.8. The highest BCUT2D eigenvalue weighted by Gasteiger charge is 2.40. The van der Waals surface area contributed by atoms with Crippen molar-refractivity contribution in [2.24, 2.45) is 0 Å². The van der Waals surface area contributed by atoms with E-state index in [4.69, 9.17) is 27.9 Å². The van der Waals surface area contributed by atoms with Gasteiger partial charge in [0.05, 0.1) is 23.4 Å². The molecule has 4 rings (SSSR count). The van der Waals surface area contributed by atoms with Crippen molar-refractivity contribution in [3.63, 3.8) is 0 Å². The van der Waals surface area contributed by atoms with Crippen molar-refractivity contribution in [3.05, 3.63) is 93.6 Å². The van der Waals surface area contributed by atoms with Crippen molar-refractivity contribution in [1.29, 1.82) is 0 Å². The second kappa shape index (κ2) is 8.46. The third kappa shape index (κ3) is 3.90. The number of amides is 2. The summed E-state index contributed by atoms with van der Waals surface area (Å²) < 4.78 is 5.17. The number of hydrogen-bond acceptors (Lipinski definition) is 4. The summed E-state index contributed by atoms with van der Waals surface area (Å²) in [5.74, 6) is -0.478. The number of ether oxygens (including phenoxy) is 1. The molecule has 31 heavy (non-hydrogen) atoms. The van der Waals surface area contributed by atoms with Gasteiger partial charge >= 0.3 is 0 Å². The van der Waals surface area contributed by atoms with Crippen molar-refractivity contribution < 1.29 is 14.3 Å². The number of rotatable bonds is 5. The van der Waals surface area contributed by atoms with Crippen molar-refractivity contribution >= 4 is 52.0 Å². The lowest BCUT2D eigenvalue weighted by Gasteiger charge is -2.16. The Kier molecular flexibility index (Phi) is 5.72. The lowest BCUT2D eigenvalue weighted by molar-refractivity contribution is -0.120. The highest BCUT2D eigenvalue weighted by atomic mass is 35.5. The monoisotopic (exact) mass is 452 g/mol. The SMILES string of the molecule is COc1ccc(N2C(=O)C(Nc3ccc(C)c(Cl)c3)=C(c3ccccc3)C2=O)cc1Cl. The quantitative estimate of drug-likeness (QED) is 0.503. The minimum Gasteiger partial charge on any atom is -0.495 e. The summed E-state index contributed by atoms with van der Waals surface area (Å²) in [6.45, 7) is 1.89. The molecule has 2 amide bonds. The molecule has 3 aromatic carbocycles. The molecule has 0 saturated carbocycles. The molecule has 0 bridgehead atoms.